The van der Waals surface area contributed by atoms with Crippen molar-refractivity contribution >= 4 is 0 Å². The fraction of sp³-hybridized carbons (Fsp3) is 0.368. The molecule has 1 aliphatic rings. The van der Waals surface area contributed by atoms with Crippen molar-refractivity contribution in [3.05, 3.63) is 53.1 Å². The maximum Gasteiger partial charge on any atom is 0.164 e. The first-order valence-electron chi connectivity index (χ1n) is 7.98. The molecule has 2 aromatic rings. The zero-order valence-electron chi connectivity index (χ0n) is 13.9. The van der Waals surface area contributed by atoms with Gasteiger partial charge in [-0.2, -0.15) is 0 Å². The molecule has 23 heavy (non-hydrogen) atoms. The third-order valence-electron chi connectivity index (χ3n) is 4.24. The maximum absolute atomic E-state index is 5.60. The molecule has 3 rings (SSSR count). The van der Waals surface area contributed by atoms with E-state index in [1.54, 1.807) is 14.2 Å². The van der Waals surface area contributed by atoms with E-state index in [0.717, 1.165) is 30.2 Å². The smallest absolute Gasteiger partial charge is 0.164 e. The average Bonchev–Trinajstić information content (AvgIpc) is 2.61. The Morgan fingerprint density at radius 3 is 2.48 bits per heavy atom. The monoisotopic (exact) mass is 313 g/mol. The number of nitrogens with one attached hydrogen (secondary N) is 1. The summed E-state index contributed by atoms with van der Waals surface area (Å²) in [5.74, 6) is 2.54. The Kier molecular flexibility index (Phi) is 4.72. The first-order valence-corrected chi connectivity index (χ1v) is 7.98. The van der Waals surface area contributed by atoms with E-state index in [-0.39, 0.29) is 6.04 Å². The van der Waals surface area contributed by atoms with E-state index in [2.05, 4.69) is 23.5 Å². The highest BCUT2D eigenvalue weighted by atomic mass is 16.5. The molecular weight excluding hydrogens is 290 g/mol. The lowest BCUT2D eigenvalue weighted by molar-refractivity contribution is 0.340. The molecule has 0 fully saturated rings. The molecule has 0 bridgehead atoms. The van der Waals surface area contributed by atoms with Gasteiger partial charge in [0.05, 0.1) is 26.9 Å². The van der Waals surface area contributed by atoms with Crippen molar-refractivity contribution < 1.29 is 14.2 Å². The van der Waals surface area contributed by atoms with E-state index in [0.29, 0.717) is 6.61 Å². The van der Waals surface area contributed by atoms with Gasteiger partial charge >= 0.3 is 0 Å². The second kappa shape index (κ2) is 6.92. The van der Waals surface area contributed by atoms with Crippen molar-refractivity contribution in [2.45, 2.75) is 19.4 Å². The molecule has 4 heteroatoms. The second-order valence-electron chi connectivity index (χ2n) is 5.51. The molecule has 0 spiro atoms. The standard InChI is InChI=1S/C19H23NO3/c1-4-23-14-7-5-13(6-8-14)18-15-9-10-17(21-2)19(22-3)16(15)11-12-20-18/h5-10,18,20H,4,11-12H2,1-3H3. The van der Waals surface area contributed by atoms with E-state index >= 15 is 0 Å². The quantitative estimate of drug-likeness (QED) is 0.919. The topological polar surface area (TPSA) is 39.7 Å². The lowest BCUT2D eigenvalue weighted by Crippen LogP contribution is -2.30. The van der Waals surface area contributed by atoms with Gasteiger partial charge < -0.3 is 19.5 Å². The van der Waals surface area contributed by atoms with Crippen LogP contribution in [0.2, 0.25) is 0 Å². The average molecular weight is 313 g/mol. The summed E-state index contributed by atoms with van der Waals surface area (Å²) in [5.41, 5.74) is 3.70. The molecule has 1 heterocycles. The van der Waals surface area contributed by atoms with Crippen molar-refractivity contribution in [2.24, 2.45) is 0 Å². The summed E-state index contributed by atoms with van der Waals surface area (Å²) in [4.78, 5) is 0. The van der Waals surface area contributed by atoms with Crippen LogP contribution in [0, 0.1) is 0 Å². The van der Waals surface area contributed by atoms with Gasteiger partial charge in [-0.1, -0.05) is 18.2 Å². The zero-order chi connectivity index (χ0) is 16.2. The van der Waals surface area contributed by atoms with Crippen molar-refractivity contribution in [3.63, 3.8) is 0 Å². The molecule has 1 atom stereocenters. The van der Waals surface area contributed by atoms with Gasteiger partial charge in [0.2, 0.25) is 0 Å². The molecule has 0 saturated heterocycles. The van der Waals surface area contributed by atoms with Gasteiger partial charge in [0.1, 0.15) is 5.75 Å². The fourth-order valence-corrected chi connectivity index (χ4v) is 3.21. The summed E-state index contributed by atoms with van der Waals surface area (Å²) in [6.45, 7) is 3.59. The maximum atomic E-state index is 5.60. The van der Waals surface area contributed by atoms with Gasteiger partial charge in [-0.3, -0.25) is 0 Å². The highest BCUT2D eigenvalue weighted by molar-refractivity contribution is 5.54. The van der Waals surface area contributed by atoms with Crippen LogP contribution < -0.4 is 19.5 Å². The predicted octanol–water partition coefficient (Wildman–Crippen LogP) is 3.34. The van der Waals surface area contributed by atoms with E-state index in [4.69, 9.17) is 14.2 Å². The molecule has 1 aliphatic heterocycles. The van der Waals surface area contributed by atoms with Crippen LogP contribution in [0.3, 0.4) is 0 Å². The van der Waals surface area contributed by atoms with E-state index < -0.39 is 0 Å². The van der Waals surface area contributed by atoms with Crippen LogP contribution >= 0.6 is 0 Å². The van der Waals surface area contributed by atoms with Crippen molar-refractivity contribution in [3.8, 4) is 17.2 Å². The van der Waals surface area contributed by atoms with Crippen molar-refractivity contribution in [1.29, 1.82) is 0 Å². The van der Waals surface area contributed by atoms with Crippen LogP contribution in [0.4, 0.5) is 0 Å². The molecule has 0 saturated carbocycles. The molecule has 1 N–H and O–H groups in total. The molecule has 122 valence electrons. The molecular formula is C19H23NO3. The summed E-state index contributed by atoms with van der Waals surface area (Å²) in [6.07, 6.45) is 0.934. The van der Waals surface area contributed by atoms with Crippen LogP contribution in [-0.4, -0.2) is 27.4 Å². The van der Waals surface area contributed by atoms with Crippen LogP contribution in [0.5, 0.6) is 17.2 Å². The number of rotatable bonds is 5. The number of fused-ring (bicyclic) bond motifs is 1. The molecule has 1 unspecified atom stereocenters. The van der Waals surface area contributed by atoms with Gasteiger partial charge in [-0.15, -0.1) is 0 Å². The third-order valence-corrected chi connectivity index (χ3v) is 4.24. The number of hydrogen-bond donors (Lipinski definition) is 1. The number of ether oxygens (including phenoxy) is 3. The Bertz CT molecular complexity index is 667. The normalized spacial score (nSPS) is 16.6. The van der Waals surface area contributed by atoms with Crippen LogP contribution in [0.25, 0.3) is 0 Å². The van der Waals surface area contributed by atoms with Crippen LogP contribution in [-0.2, 0) is 6.42 Å². The van der Waals surface area contributed by atoms with Gasteiger partial charge in [0.25, 0.3) is 0 Å². The highest BCUT2D eigenvalue weighted by Gasteiger charge is 2.25. The van der Waals surface area contributed by atoms with Crippen molar-refractivity contribution in [1.82, 2.24) is 5.32 Å². The Morgan fingerprint density at radius 1 is 1.04 bits per heavy atom. The van der Waals surface area contributed by atoms with Gasteiger partial charge in [0, 0.05) is 12.1 Å². The molecule has 4 nitrogen and oxygen atoms in total. The second-order valence-corrected chi connectivity index (χ2v) is 5.51. The lowest BCUT2D eigenvalue weighted by Gasteiger charge is -2.29. The SMILES string of the molecule is CCOc1ccc(C2NCCc3c2ccc(OC)c3OC)cc1. The lowest BCUT2D eigenvalue weighted by atomic mass is 9.89. The Labute approximate surface area is 137 Å². The summed E-state index contributed by atoms with van der Waals surface area (Å²) >= 11 is 0. The summed E-state index contributed by atoms with van der Waals surface area (Å²) in [6, 6.07) is 12.6. The Morgan fingerprint density at radius 2 is 1.83 bits per heavy atom. The first-order chi connectivity index (χ1) is 11.3. The number of hydrogen-bond acceptors (Lipinski definition) is 4. The zero-order valence-corrected chi connectivity index (χ0v) is 13.9. The molecule has 2 aromatic carbocycles. The van der Waals surface area contributed by atoms with Crippen LogP contribution in [0.15, 0.2) is 36.4 Å². The highest BCUT2D eigenvalue weighted by Crippen LogP contribution is 2.39. The summed E-state index contributed by atoms with van der Waals surface area (Å²) in [7, 11) is 3.38. The van der Waals surface area contributed by atoms with E-state index in [1.807, 2.05) is 25.1 Å². The summed E-state index contributed by atoms with van der Waals surface area (Å²) < 4.78 is 16.5. The Balaban J connectivity index is 1.98. The summed E-state index contributed by atoms with van der Waals surface area (Å²) in [5, 5.41) is 3.59. The minimum absolute atomic E-state index is 0.161. The number of benzene rings is 2. The third kappa shape index (κ3) is 2.99. The van der Waals surface area contributed by atoms with Gasteiger partial charge in [0.15, 0.2) is 11.5 Å². The fourth-order valence-electron chi connectivity index (χ4n) is 3.21. The molecule has 0 aromatic heterocycles. The van der Waals surface area contributed by atoms with Gasteiger partial charge in [-0.25, -0.2) is 0 Å². The predicted molar refractivity (Wildman–Crippen MR) is 90.7 cm³/mol. The molecule has 0 amide bonds. The Hall–Kier alpha value is -2.20. The van der Waals surface area contributed by atoms with Crippen molar-refractivity contribution in [2.75, 3.05) is 27.4 Å². The minimum Gasteiger partial charge on any atom is -0.494 e. The largest absolute Gasteiger partial charge is 0.494 e. The minimum atomic E-state index is 0.161. The molecule has 0 aliphatic carbocycles. The van der Waals surface area contributed by atoms with Crippen LogP contribution in [0.1, 0.15) is 29.7 Å². The molecule has 0 radical (unpaired) electrons. The number of methoxy groups -OCH3 is 2. The first kappa shape index (κ1) is 15.7. The van der Waals surface area contributed by atoms with E-state index in [9.17, 15) is 0 Å². The van der Waals surface area contributed by atoms with Gasteiger partial charge in [-0.05, 0) is 42.7 Å². The van der Waals surface area contributed by atoms with E-state index in [1.165, 1.54) is 16.7 Å².